The van der Waals surface area contributed by atoms with Crippen molar-refractivity contribution < 1.29 is 4.39 Å². The summed E-state index contributed by atoms with van der Waals surface area (Å²) >= 11 is 8.01. The number of rotatable bonds is 4. The van der Waals surface area contributed by atoms with Crippen LogP contribution < -0.4 is 11.1 Å². The van der Waals surface area contributed by atoms with Crippen LogP contribution in [0.1, 0.15) is 17.0 Å². The number of hydrogen-bond acceptors (Lipinski definition) is 4. The quantitative estimate of drug-likeness (QED) is 0.826. The molecule has 0 fully saturated rings. The van der Waals surface area contributed by atoms with Crippen LogP contribution >= 0.6 is 28.1 Å². The molecule has 7 heteroatoms. The van der Waals surface area contributed by atoms with Crippen molar-refractivity contribution >= 4 is 38.8 Å². The molecule has 1 aromatic heterocycles. The third-order valence-electron chi connectivity index (χ3n) is 2.64. The zero-order valence-corrected chi connectivity index (χ0v) is 13.1. The van der Waals surface area contributed by atoms with E-state index in [0.29, 0.717) is 17.8 Å². The third kappa shape index (κ3) is 3.29. The Morgan fingerprint density at radius 1 is 1.40 bits per heavy atom. The number of nitrogens with two attached hydrogens (primary N) is 1. The zero-order chi connectivity index (χ0) is 14.7. The van der Waals surface area contributed by atoms with E-state index in [-0.39, 0.29) is 9.46 Å². The van der Waals surface area contributed by atoms with Crippen molar-refractivity contribution in [3.8, 4) is 0 Å². The van der Waals surface area contributed by atoms with Gasteiger partial charge >= 0.3 is 0 Å². The summed E-state index contributed by atoms with van der Waals surface area (Å²) in [7, 11) is 0. The molecule has 4 nitrogen and oxygen atoms in total. The van der Waals surface area contributed by atoms with Crippen molar-refractivity contribution in [1.82, 2.24) is 9.97 Å². The smallest absolute Gasteiger partial charge is 0.161 e. The number of thiocarbonyl (C=S) groups is 1. The van der Waals surface area contributed by atoms with Crippen LogP contribution in [0.4, 0.5) is 10.1 Å². The molecule has 0 aliphatic rings. The first-order chi connectivity index (χ1) is 9.49. The minimum atomic E-state index is -0.435. The lowest BCUT2D eigenvalue weighted by atomic mass is 10.2. The summed E-state index contributed by atoms with van der Waals surface area (Å²) in [6.45, 7) is 2.23. The standard InChI is InChI=1S/C13H12BrFN4S/c1-7-4-18-8(5-17-7)6-19-10-3-2-9(13(16)20)11(14)12(10)15/h2-5,19H,6H2,1H3,(H2,16,20). The van der Waals surface area contributed by atoms with E-state index >= 15 is 0 Å². The van der Waals surface area contributed by atoms with Gasteiger partial charge in [0.05, 0.1) is 34.3 Å². The third-order valence-corrected chi connectivity index (χ3v) is 3.64. The summed E-state index contributed by atoms with van der Waals surface area (Å²) in [5, 5.41) is 2.96. The average molecular weight is 355 g/mol. The van der Waals surface area contributed by atoms with E-state index in [4.69, 9.17) is 18.0 Å². The first-order valence-electron chi connectivity index (χ1n) is 5.78. The summed E-state index contributed by atoms with van der Waals surface area (Å²) in [6, 6.07) is 3.26. The summed E-state index contributed by atoms with van der Waals surface area (Å²) < 4.78 is 14.4. The fourth-order valence-electron chi connectivity index (χ4n) is 1.57. The van der Waals surface area contributed by atoms with E-state index in [1.165, 1.54) is 0 Å². The Labute approximate surface area is 129 Å². The fourth-order valence-corrected chi connectivity index (χ4v) is 2.43. The molecule has 0 atom stereocenters. The predicted octanol–water partition coefficient (Wildman–Crippen LogP) is 2.93. The second-order valence-corrected chi connectivity index (χ2v) is 5.39. The van der Waals surface area contributed by atoms with Crippen LogP contribution in [0, 0.1) is 12.7 Å². The highest BCUT2D eigenvalue weighted by atomic mass is 79.9. The minimum Gasteiger partial charge on any atom is -0.389 e. The molecule has 3 N–H and O–H groups in total. The summed E-state index contributed by atoms with van der Waals surface area (Å²) in [4.78, 5) is 8.47. The van der Waals surface area contributed by atoms with E-state index in [0.717, 1.165) is 11.4 Å². The summed E-state index contributed by atoms with van der Waals surface area (Å²) in [5.41, 5.74) is 7.89. The first kappa shape index (κ1) is 14.8. The van der Waals surface area contributed by atoms with Gasteiger partial charge in [0.2, 0.25) is 0 Å². The molecule has 0 saturated heterocycles. The lowest BCUT2D eigenvalue weighted by Gasteiger charge is -2.10. The highest BCUT2D eigenvalue weighted by Crippen LogP contribution is 2.27. The molecule has 0 radical (unpaired) electrons. The topological polar surface area (TPSA) is 63.8 Å². The second-order valence-electron chi connectivity index (χ2n) is 4.16. The Balaban J connectivity index is 2.16. The van der Waals surface area contributed by atoms with Crippen LogP contribution in [-0.4, -0.2) is 15.0 Å². The molecule has 0 aliphatic heterocycles. The Morgan fingerprint density at radius 3 is 2.75 bits per heavy atom. The molecule has 0 saturated carbocycles. The zero-order valence-electron chi connectivity index (χ0n) is 10.7. The van der Waals surface area contributed by atoms with Crippen LogP contribution in [0.25, 0.3) is 0 Å². The van der Waals surface area contributed by atoms with Gasteiger partial charge < -0.3 is 11.1 Å². The van der Waals surface area contributed by atoms with E-state index in [2.05, 4.69) is 31.2 Å². The van der Waals surface area contributed by atoms with Crippen molar-refractivity contribution in [3.63, 3.8) is 0 Å². The molecule has 104 valence electrons. The molecule has 0 aliphatic carbocycles. The van der Waals surface area contributed by atoms with Crippen molar-refractivity contribution in [1.29, 1.82) is 0 Å². The molecular formula is C13H12BrFN4S. The van der Waals surface area contributed by atoms with Crippen molar-refractivity contribution in [2.75, 3.05) is 5.32 Å². The van der Waals surface area contributed by atoms with Gasteiger partial charge in [0.25, 0.3) is 0 Å². The van der Waals surface area contributed by atoms with Gasteiger partial charge in [0.15, 0.2) is 5.82 Å². The maximum absolute atomic E-state index is 14.1. The Bertz CT molecular complexity index is 646. The van der Waals surface area contributed by atoms with Crippen LogP contribution in [0.3, 0.4) is 0 Å². The monoisotopic (exact) mass is 354 g/mol. The number of halogens is 2. The van der Waals surface area contributed by atoms with Crippen LogP contribution in [0.15, 0.2) is 29.0 Å². The van der Waals surface area contributed by atoms with Crippen LogP contribution in [0.2, 0.25) is 0 Å². The number of benzene rings is 1. The number of nitrogens with one attached hydrogen (secondary N) is 1. The normalized spacial score (nSPS) is 10.3. The van der Waals surface area contributed by atoms with Gasteiger partial charge in [-0.3, -0.25) is 9.97 Å². The van der Waals surface area contributed by atoms with Crippen molar-refractivity contribution in [2.45, 2.75) is 13.5 Å². The van der Waals surface area contributed by atoms with Gasteiger partial charge in [0.1, 0.15) is 4.99 Å². The van der Waals surface area contributed by atoms with Crippen LogP contribution in [-0.2, 0) is 6.54 Å². The maximum atomic E-state index is 14.1. The Kier molecular flexibility index (Phi) is 4.61. The molecule has 1 heterocycles. The number of aryl methyl sites for hydroxylation is 1. The first-order valence-corrected chi connectivity index (χ1v) is 6.98. The molecular weight excluding hydrogens is 343 g/mol. The highest BCUT2D eigenvalue weighted by Gasteiger charge is 2.12. The molecule has 0 unspecified atom stereocenters. The van der Waals surface area contributed by atoms with Gasteiger partial charge in [-0.05, 0) is 35.0 Å². The molecule has 1 aromatic carbocycles. The number of aromatic nitrogens is 2. The van der Waals surface area contributed by atoms with Gasteiger partial charge in [-0.2, -0.15) is 0 Å². The minimum absolute atomic E-state index is 0.145. The van der Waals surface area contributed by atoms with E-state index in [1.807, 2.05) is 6.92 Å². The fraction of sp³-hybridized carbons (Fsp3) is 0.154. The molecule has 0 bridgehead atoms. The largest absolute Gasteiger partial charge is 0.389 e. The van der Waals surface area contributed by atoms with Crippen molar-refractivity contribution in [2.24, 2.45) is 5.73 Å². The maximum Gasteiger partial charge on any atom is 0.161 e. The number of anilines is 1. The molecule has 0 spiro atoms. The molecule has 0 amide bonds. The second kappa shape index (κ2) is 6.23. The van der Waals surface area contributed by atoms with E-state index in [9.17, 15) is 4.39 Å². The van der Waals surface area contributed by atoms with Gasteiger partial charge in [-0.15, -0.1) is 0 Å². The Morgan fingerprint density at radius 2 is 2.15 bits per heavy atom. The summed E-state index contributed by atoms with van der Waals surface area (Å²) in [5.74, 6) is -0.435. The lowest BCUT2D eigenvalue weighted by molar-refractivity contribution is 0.623. The highest BCUT2D eigenvalue weighted by molar-refractivity contribution is 9.10. The average Bonchev–Trinajstić information content (AvgIpc) is 2.42. The van der Waals surface area contributed by atoms with Gasteiger partial charge in [-0.1, -0.05) is 12.2 Å². The number of nitrogens with zero attached hydrogens (tertiary/aromatic N) is 2. The van der Waals surface area contributed by atoms with Crippen molar-refractivity contribution in [3.05, 3.63) is 51.8 Å². The van der Waals surface area contributed by atoms with Crippen LogP contribution in [0.5, 0.6) is 0 Å². The summed E-state index contributed by atoms with van der Waals surface area (Å²) in [6.07, 6.45) is 3.32. The van der Waals surface area contributed by atoms with E-state index in [1.54, 1.807) is 24.5 Å². The predicted molar refractivity (Wildman–Crippen MR) is 84.1 cm³/mol. The lowest BCUT2D eigenvalue weighted by Crippen LogP contribution is -2.12. The number of hydrogen-bond donors (Lipinski definition) is 2. The molecule has 2 rings (SSSR count). The van der Waals surface area contributed by atoms with Gasteiger partial charge in [-0.25, -0.2) is 4.39 Å². The molecule has 20 heavy (non-hydrogen) atoms. The SMILES string of the molecule is Cc1cnc(CNc2ccc(C(N)=S)c(Br)c2F)cn1. The Hall–Kier alpha value is -1.60. The van der Waals surface area contributed by atoms with Gasteiger partial charge in [0, 0.05) is 11.8 Å². The van der Waals surface area contributed by atoms with E-state index < -0.39 is 5.82 Å². The molecule has 2 aromatic rings.